The third-order valence-electron chi connectivity index (χ3n) is 3.19. The summed E-state index contributed by atoms with van der Waals surface area (Å²) in [7, 11) is 0. The molecule has 4 heteroatoms. The normalized spacial score (nSPS) is 14.7. The van der Waals surface area contributed by atoms with Gasteiger partial charge >= 0.3 is 5.97 Å². The first kappa shape index (κ1) is 11.0. The average molecular weight is 242 g/mol. The molecule has 1 heterocycles. The zero-order valence-corrected chi connectivity index (χ0v) is 10.1. The van der Waals surface area contributed by atoms with E-state index in [1.807, 2.05) is 17.7 Å². The van der Waals surface area contributed by atoms with Gasteiger partial charge in [-0.15, -0.1) is 0 Å². The summed E-state index contributed by atoms with van der Waals surface area (Å²) in [5.74, 6) is -0.326. The van der Waals surface area contributed by atoms with E-state index in [4.69, 9.17) is 5.11 Å². The Labute approximate surface area is 105 Å². The third-order valence-corrected chi connectivity index (χ3v) is 3.19. The van der Waals surface area contributed by atoms with Crippen LogP contribution in [-0.4, -0.2) is 20.9 Å². The summed E-state index contributed by atoms with van der Waals surface area (Å²) in [6.07, 6.45) is 2.40. The summed E-state index contributed by atoms with van der Waals surface area (Å²) in [6.45, 7) is 1.96. The van der Waals surface area contributed by atoms with E-state index >= 15 is 0 Å². The zero-order chi connectivity index (χ0) is 12.7. The molecule has 0 aliphatic heterocycles. The molecular formula is C14H14N2O2. The molecule has 1 saturated carbocycles. The molecule has 0 atom stereocenters. The van der Waals surface area contributed by atoms with E-state index in [-0.39, 0.29) is 0 Å². The predicted molar refractivity (Wildman–Crippen MR) is 67.2 cm³/mol. The van der Waals surface area contributed by atoms with Crippen molar-refractivity contribution in [3.63, 3.8) is 0 Å². The molecule has 92 valence electrons. The molecule has 0 unspecified atom stereocenters. The molecular weight excluding hydrogens is 228 g/mol. The van der Waals surface area contributed by atoms with Crippen LogP contribution in [-0.2, 0) is 0 Å². The van der Waals surface area contributed by atoms with Gasteiger partial charge in [-0.1, -0.05) is 6.07 Å². The van der Waals surface area contributed by atoms with Gasteiger partial charge in [0.2, 0.25) is 0 Å². The van der Waals surface area contributed by atoms with Gasteiger partial charge in [0.25, 0.3) is 0 Å². The van der Waals surface area contributed by atoms with Crippen LogP contribution in [0.15, 0.2) is 30.3 Å². The zero-order valence-electron chi connectivity index (χ0n) is 10.1. The van der Waals surface area contributed by atoms with Gasteiger partial charge in [0.15, 0.2) is 0 Å². The first-order valence-corrected chi connectivity index (χ1v) is 6.05. The molecule has 1 fully saturated rings. The van der Waals surface area contributed by atoms with Crippen molar-refractivity contribution < 1.29 is 9.90 Å². The number of hydrogen-bond donors (Lipinski definition) is 1. The maximum Gasteiger partial charge on any atom is 0.335 e. The van der Waals surface area contributed by atoms with Crippen molar-refractivity contribution in [3.8, 4) is 5.69 Å². The fourth-order valence-corrected chi connectivity index (χ4v) is 2.17. The van der Waals surface area contributed by atoms with Gasteiger partial charge in [-0.25, -0.2) is 9.48 Å². The van der Waals surface area contributed by atoms with Crippen LogP contribution < -0.4 is 0 Å². The number of hydrogen-bond acceptors (Lipinski definition) is 2. The predicted octanol–water partition coefficient (Wildman–Crippen LogP) is 2.76. The highest BCUT2D eigenvalue weighted by molar-refractivity contribution is 5.88. The van der Waals surface area contributed by atoms with Gasteiger partial charge in [0.1, 0.15) is 0 Å². The largest absolute Gasteiger partial charge is 0.478 e. The number of nitrogens with zero attached hydrogens (tertiary/aromatic N) is 2. The van der Waals surface area contributed by atoms with Crippen molar-refractivity contribution >= 4 is 5.97 Å². The Balaban J connectivity index is 2.08. The summed E-state index contributed by atoms with van der Waals surface area (Å²) in [5, 5.41) is 13.5. The van der Waals surface area contributed by atoms with Gasteiger partial charge < -0.3 is 5.11 Å². The van der Waals surface area contributed by atoms with Gasteiger partial charge in [0.05, 0.1) is 16.9 Å². The second-order valence-electron chi connectivity index (χ2n) is 4.75. The van der Waals surface area contributed by atoms with Gasteiger partial charge in [-0.2, -0.15) is 5.10 Å². The molecule has 0 spiro atoms. The number of aryl methyl sites for hydroxylation is 1. The quantitative estimate of drug-likeness (QED) is 0.900. The van der Waals surface area contributed by atoms with Crippen LogP contribution in [0.3, 0.4) is 0 Å². The average Bonchev–Trinajstić information content (AvgIpc) is 3.12. The lowest BCUT2D eigenvalue weighted by molar-refractivity contribution is 0.0697. The fraction of sp³-hybridized carbons (Fsp3) is 0.286. The molecule has 1 aliphatic rings. The Kier molecular flexibility index (Phi) is 2.44. The van der Waals surface area contributed by atoms with Crippen LogP contribution in [0.1, 0.15) is 40.5 Å². The number of carbonyl (C=O) groups is 1. The number of aromatic carboxylic acids is 1. The van der Waals surface area contributed by atoms with Crippen molar-refractivity contribution in [2.24, 2.45) is 0 Å². The lowest BCUT2D eigenvalue weighted by atomic mass is 10.2. The van der Waals surface area contributed by atoms with Crippen LogP contribution >= 0.6 is 0 Å². The molecule has 1 aromatic carbocycles. The number of carboxylic acid groups (broad SMARTS) is 1. The van der Waals surface area contributed by atoms with Crippen LogP contribution in [0.4, 0.5) is 0 Å². The Morgan fingerprint density at radius 2 is 2.17 bits per heavy atom. The molecule has 1 N–H and O–H groups in total. The highest BCUT2D eigenvalue weighted by Gasteiger charge is 2.28. The molecule has 3 rings (SSSR count). The van der Waals surface area contributed by atoms with E-state index in [0.717, 1.165) is 11.4 Å². The molecule has 0 saturated heterocycles. The van der Waals surface area contributed by atoms with E-state index < -0.39 is 5.97 Å². The lowest BCUT2D eigenvalue weighted by Crippen LogP contribution is -2.04. The van der Waals surface area contributed by atoms with Crippen molar-refractivity contribution in [2.75, 3.05) is 0 Å². The highest BCUT2D eigenvalue weighted by Crippen LogP contribution is 2.41. The minimum atomic E-state index is -0.909. The molecule has 0 bridgehead atoms. The molecule has 1 aromatic heterocycles. The SMILES string of the molecule is Cc1cc(C2CC2)n(-c2cccc(C(=O)O)c2)n1. The Hall–Kier alpha value is -2.10. The number of rotatable bonds is 3. The molecule has 0 amide bonds. The Morgan fingerprint density at radius 3 is 2.83 bits per heavy atom. The van der Waals surface area contributed by atoms with Gasteiger partial charge in [-0.3, -0.25) is 0 Å². The first-order chi connectivity index (χ1) is 8.65. The second kappa shape index (κ2) is 3.98. The Bertz CT molecular complexity index is 612. The van der Waals surface area contributed by atoms with Crippen LogP contribution in [0.25, 0.3) is 5.69 Å². The monoisotopic (exact) mass is 242 g/mol. The van der Waals surface area contributed by atoms with Gasteiger partial charge in [0, 0.05) is 11.6 Å². The molecule has 0 radical (unpaired) electrons. The Morgan fingerprint density at radius 1 is 1.39 bits per heavy atom. The topological polar surface area (TPSA) is 55.1 Å². The van der Waals surface area contributed by atoms with Crippen LogP contribution in [0.5, 0.6) is 0 Å². The summed E-state index contributed by atoms with van der Waals surface area (Å²) in [6, 6.07) is 9.00. The number of benzene rings is 1. The van der Waals surface area contributed by atoms with Crippen LogP contribution in [0.2, 0.25) is 0 Å². The third kappa shape index (κ3) is 1.90. The molecule has 18 heavy (non-hydrogen) atoms. The summed E-state index contributed by atoms with van der Waals surface area (Å²) in [4.78, 5) is 11.0. The molecule has 2 aromatic rings. The van der Waals surface area contributed by atoms with Crippen molar-refractivity contribution in [3.05, 3.63) is 47.3 Å². The maximum atomic E-state index is 11.0. The first-order valence-electron chi connectivity index (χ1n) is 6.05. The molecule has 4 nitrogen and oxygen atoms in total. The minimum Gasteiger partial charge on any atom is -0.478 e. The van der Waals surface area contributed by atoms with E-state index in [0.29, 0.717) is 11.5 Å². The minimum absolute atomic E-state index is 0.294. The van der Waals surface area contributed by atoms with E-state index in [1.165, 1.54) is 18.5 Å². The highest BCUT2D eigenvalue weighted by atomic mass is 16.4. The standard InChI is InChI=1S/C14H14N2O2/c1-9-7-13(10-5-6-10)16(15-9)12-4-2-3-11(8-12)14(17)18/h2-4,7-8,10H,5-6H2,1H3,(H,17,18). The second-order valence-corrected chi connectivity index (χ2v) is 4.75. The van der Waals surface area contributed by atoms with E-state index in [1.54, 1.807) is 18.2 Å². The van der Waals surface area contributed by atoms with E-state index in [2.05, 4.69) is 11.2 Å². The number of aromatic nitrogens is 2. The van der Waals surface area contributed by atoms with Crippen molar-refractivity contribution in [2.45, 2.75) is 25.7 Å². The maximum absolute atomic E-state index is 11.0. The van der Waals surface area contributed by atoms with Gasteiger partial charge in [-0.05, 0) is 44.0 Å². The van der Waals surface area contributed by atoms with E-state index in [9.17, 15) is 4.79 Å². The molecule has 1 aliphatic carbocycles. The summed E-state index contributed by atoms with van der Waals surface area (Å²) in [5.41, 5.74) is 3.28. The summed E-state index contributed by atoms with van der Waals surface area (Å²) >= 11 is 0. The number of carboxylic acids is 1. The van der Waals surface area contributed by atoms with Crippen LogP contribution in [0, 0.1) is 6.92 Å². The lowest BCUT2D eigenvalue weighted by Gasteiger charge is -2.07. The fourth-order valence-electron chi connectivity index (χ4n) is 2.17. The summed E-state index contributed by atoms with van der Waals surface area (Å²) < 4.78 is 1.87. The smallest absolute Gasteiger partial charge is 0.335 e. The van der Waals surface area contributed by atoms with Crippen molar-refractivity contribution in [1.82, 2.24) is 9.78 Å². The van der Waals surface area contributed by atoms with Crippen molar-refractivity contribution in [1.29, 1.82) is 0 Å².